The molecule has 0 aliphatic rings. The normalized spacial score (nSPS) is 10.7. The van der Waals surface area contributed by atoms with E-state index in [9.17, 15) is 9.18 Å². The Hall–Kier alpha value is -2.16. The largest absolute Gasteiger partial charge is 0.350 e. The quantitative estimate of drug-likeness (QED) is 0.388. The van der Waals surface area contributed by atoms with E-state index >= 15 is 0 Å². The number of aliphatic imine (C=N–C) groups is 1. The third-order valence-corrected chi connectivity index (χ3v) is 3.65. The maximum atomic E-state index is 13.0. The number of benzene rings is 2. The van der Waals surface area contributed by atoms with Gasteiger partial charge < -0.3 is 15.5 Å². The number of carbonyl (C=O) groups excluding carboxylic acids is 1. The molecule has 0 saturated heterocycles. The van der Waals surface area contributed by atoms with Crippen LogP contribution in [0, 0.1) is 5.82 Å². The molecular formula is C19H24FIN4O. The molecule has 140 valence electrons. The second-order valence-electron chi connectivity index (χ2n) is 5.65. The fraction of sp³-hybridized carbons (Fsp3) is 0.263. The first-order valence-electron chi connectivity index (χ1n) is 8.05. The van der Waals surface area contributed by atoms with Gasteiger partial charge in [0, 0.05) is 27.2 Å². The SMILES string of the molecule is CN=C(NCC(=O)NCc1ccccc1)N(C)Cc1ccc(F)cc1.I. The van der Waals surface area contributed by atoms with E-state index in [1.807, 2.05) is 42.3 Å². The van der Waals surface area contributed by atoms with Crippen molar-refractivity contribution in [1.29, 1.82) is 0 Å². The van der Waals surface area contributed by atoms with Crippen LogP contribution in [0.3, 0.4) is 0 Å². The summed E-state index contributed by atoms with van der Waals surface area (Å²) in [7, 11) is 3.52. The van der Waals surface area contributed by atoms with Crippen molar-refractivity contribution in [2.75, 3.05) is 20.6 Å². The van der Waals surface area contributed by atoms with Gasteiger partial charge >= 0.3 is 0 Å². The molecule has 5 nitrogen and oxygen atoms in total. The molecule has 0 atom stereocenters. The highest BCUT2D eigenvalue weighted by Crippen LogP contribution is 2.05. The minimum absolute atomic E-state index is 0. The van der Waals surface area contributed by atoms with Gasteiger partial charge in [-0.1, -0.05) is 42.5 Å². The molecule has 0 radical (unpaired) electrons. The van der Waals surface area contributed by atoms with Crippen molar-refractivity contribution in [3.8, 4) is 0 Å². The van der Waals surface area contributed by atoms with Gasteiger partial charge in [-0.3, -0.25) is 9.79 Å². The van der Waals surface area contributed by atoms with Crippen molar-refractivity contribution >= 4 is 35.8 Å². The Morgan fingerprint density at radius 1 is 1.04 bits per heavy atom. The van der Waals surface area contributed by atoms with Crippen molar-refractivity contribution in [3.05, 3.63) is 71.5 Å². The molecule has 2 aromatic rings. The molecule has 0 saturated carbocycles. The van der Waals surface area contributed by atoms with Crippen LogP contribution in [0.15, 0.2) is 59.6 Å². The molecule has 0 unspecified atom stereocenters. The molecule has 0 bridgehead atoms. The fourth-order valence-electron chi connectivity index (χ4n) is 2.34. The smallest absolute Gasteiger partial charge is 0.239 e. The third-order valence-electron chi connectivity index (χ3n) is 3.65. The molecule has 0 aliphatic heterocycles. The van der Waals surface area contributed by atoms with E-state index in [1.54, 1.807) is 19.2 Å². The summed E-state index contributed by atoms with van der Waals surface area (Å²) in [5.74, 6) is 0.225. The van der Waals surface area contributed by atoms with Crippen molar-refractivity contribution in [1.82, 2.24) is 15.5 Å². The van der Waals surface area contributed by atoms with E-state index in [4.69, 9.17) is 0 Å². The number of hydrogen-bond donors (Lipinski definition) is 2. The van der Waals surface area contributed by atoms with Crippen molar-refractivity contribution in [2.24, 2.45) is 4.99 Å². The zero-order valence-corrected chi connectivity index (χ0v) is 17.2. The van der Waals surface area contributed by atoms with Gasteiger partial charge in [0.15, 0.2) is 5.96 Å². The number of nitrogens with one attached hydrogen (secondary N) is 2. The molecule has 2 rings (SSSR count). The lowest BCUT2D eigenvalue weighted by atomic mass is 10.2. The van der Waals surface area contributed by atoms with Gasteiger partial charge in [-0.15, -0.1) is 24.0 Å². The van der Waals surface area contributed by atoms with Gasteiger partial charge in [-0.05, 0) is 23.3 Å². The first-order chi connectivity index (χ1) is 12.1. The summed E-state index contributed by atoms with van der Waals surface area (Å²) in [5, 5.41) is 5.88. The Balaban J connectivity index is 0.00000338. The monoisotopic (exact) mass is 470 g/mol. The van der Waals surface area contributed by atoms with Gasteiger partial charge in [0.05, 0.1) is 6.54 Å². The molecule has 2 aromatic carbocycles. The highest BCUT2D eigenvalue weighted by Gasteiger charge is 2.09. The van der Waals surface area contributed by atoms with Crippen LogP contribution in [0.1, 0.15) is 11.1 Å². The predicted octanol–water partition coefficient (Wildman–Crippen LogP) is 2.77. The number of amides is 1. The van der Waals surface area contributed by atoms with Gasteiger partial charge in [-0.2, -0.15) is 0 Å². The third kappa shape index (κ3) is 7.38. The van der Waals surface area contributed by atoms with Crippen LogP contribution in [0.5, 0.6) is 0 Å². The van der Waals surface area contributed by atoms with E-state index < -0.39 is 0 Å². The average Bonchev–Trinajstić information content (AvgIpc) is 2.63. The highest BCUT2D eigenvalue weighted by atomic mass is 127. The molecule has 0 spiro atoms. The number of guanidine groups is 1. The Kier molecular flexibility index (Phi) is 9.64. The zero-order valence-electron chi connectivity index (χ0n) is 14.9. The summed E-state index contributed by atoms with van der Waals surface area (Å²) in [4.78, 5) is 18.0. The second-order valence-corrected chi connectivity index (χ2v) is 5.65. The topological polar surface area (TPSA) is 56.7 Å². The standard InChI is InChI=1S/C19H23FN4O.HI/c1-21-19(24(2)14-16-8-10-17(20)11-9-16)23-13-18(25)22-12-15-6-4-3-5-7-15;/h3-11H,12-14H2,1-2H3,(H,21,23)(H,22,25);1H. The van der Waals surface area contributed by atoms with Gasteiger partial charge in [0.1, 0.15) is 5.82 Å². The Labute approximate surface area is 170 Å². The predicted molar refractivity (Wildman–Crippen MR) is 113 cm³/mol. The molecule has 0 fully saturated rings. The van der Waals surface area contributed by atoms with Crippen molar-refractivity contribution in [3.63, 3.8) is 0 Å². The molecular weight excluding hydrogens is 446 g/mol. The molecule has 26 heavy (non-hydrogen) atoms. The lowest BCUT2D eigenvalue weighted by Gasteiger charge is -2.22. The first kappa shape index (κ1) is 21.9. The molecule has 1 amide bonds. The van der Waals surface area contributed by atoms with Gasteiger partial charge in [0.2, 0.25) is 5.91 Å². The van der Waals surface area contributed by atoms with Crippen LogP contribution in [0.4, 0.5) is 4.39 Å². The van der Waals surface area contributed by atoms with E-state index in [2.05, 4.69) is 15.6 Å². The Bertz CT molecular complexity index is 707. The first-order valence-corrected chi connectivity index (χ1v) is 8.05. The molecule has 2 N–H and O–H groups in total. The van der Waals surface area contributed by atoms with Crippen molar-refractivity contribution < 1.29 is 9.18 Å². The maximum Gasteiger partial charge on any atom is 0.239 e. The summed E-state index contributed by atoms with van der Waals surface area (Å²) in [6.45, 7) is 1.18. The van der Waals surface area contributed by atoms with E-state index in [0.717, 1.165) is 11.1 Å². The number of hydrogen-bond acceptors (Lipinski definition) is 2. The van der Waals surface area contributed by atoms with Gasteiger partial charge in [-0.25, -0.2) is 4.39 Å². The van der Waals surface area contributed by atoms with E-state index in [-0.39, 0.29) is 42.2 Å². The molecule has 0 aliphatic carbocycles. The van der Waals surface area contributed by atoms with Crippen LogP contribution < -0.4 is 10.6 Å². The Morgan fingerprint density at radius 3 is 2.31 bits per heavy atom. The van der Waals surface area contributed by atoms with Crippen molar-refractivity contribution in [2.45, 2.75) is 13.1 Å². The summed E-state index contributed by atoms with van der Waals surface area (Å²) in [6.07, 6.45) is 0. The number of carbonyl (C=O) groups is 1. The maximum absolute atomic E-state index is 13.0. The molecule has 0 aromatic heterocycles. The fourth-order valence-corrected chi connectivity index (χ4v) is 2.34. The van der Waals surface area contributed by atoms with Crippen LogP contribution >= 0.6 is 24.0 Å². The molecule has 0 heterocycles. The van der Waals surface area contributed by atoms with Crippen LogP contribution in [0.2, 0.25) is 0 Å². The van der Waals surface area contributed by atoms with Crippen LogP contribution in [0.25, 0.3) is 0 Å². The summed E-state index contributed by atoms with van der Waals surface area (Å²) < 4.78 is 13.0. The number of halogens is 2. The minimum atomic E-state index is -0.260. The van der Waals surface area contributed by atoms with Gasteiger partial charge in [0.25, 0.3) is 0 Å². The van der Waals surface area contributed by atoms with Crippen LogP contribution in [-0.4, -0.2) is 37.4 Å². The average molecular weight is 470 g/mol. The summed E-state index contributed by atoms with van der Waals surface area (Å²) >= 11 is 0. The summed E-state index contributed by atoms with van der Waals surface area (Å²) in [5.41, 5.74) is 2.01. The number of rotatable bonds is 6. The highest BCUT2D eigenvalue weighted by molar-refractivity contribution is 14.0. The van der Waals surface area contributed by atoms with E-state index in [0.29, 0.717) is 19.0 Å². The van der Waals surface area contributed by atoms with Crippen LogP contribution in [-0.2, 0) is 17.9 Å². The lowest BCUT2D eigenvalue weighted by Crippen LogP contribution is -2.43. The zero-order chi connectivity index (χ0) is 18.1. The lowest BCUT2D eigenvalue weighted by molar-refractivity contribution is -0.120. The minimum Gasteiger partial charge on any atom is -0.350 e. The second kappa shape index (κ2) is 11.5. The Morgan fingerprint density at radius 2 is 1.69 bits per heavy atom. The number of nitrogens with zero attached hydrogens (tertiary/aromatic N) is 2. The van der Waals surface area contributed by atoms with E-state index in [1.165, 1.54) is 12.1 Å². The summed E-state index contributed by atoms with van der Waals surface area (Å²) in [6, 6.07) is 16.0. The molecule has 7 heteroatoms.